The highest BCUT2D eigenvalue weighted by atomic mass is 19.1. The molecule has 1 aromatic carbocycles. The average molecular weight is 223 g/mol. The lowest BCUT2D eigenvalue weighted by Gasteiger charge is -2.10. The number of halogens is 1. The van der Waals surface area contributed by atoms with Gasteiger partial charge in [-0.3, -0.25) is 0 Å². The Hall–Kier alpha value is -0.930. The first-order chi connectivity index (χ1) is 7.74. The molecule has 1 aliphatic rings. The van der Waals surface area contributed by atoms with E-state index >= 15 is 0 Å². The molecule has 1 aliphatic carbocycles. The Morgan fingerprint density at radius 1 is 1.38 bits per heavy atom. The van der Waals surface area contributed by atoms with Crippen LogP contribution in [0.25, 0.3) is 0 Å². The van der Waals surface area contributed by atoms with Crippen molar-refractivity contribution in [3.8, 4) is 0 Å². The molecule has 0 aliphatic heterocycles. The van der Waals surface area contributed by atoms with E-state index < -0.39 is 0 Å². The van der Waals surface area contributed by atoms with Gasteiger partial charge in [-0.25, -0.2) is 4.39 Å². The summed E-state index contributed by atoms with van der Waals surface area (Å²) in [5, 5.41) is 12.7. The summed E-state index contributed by atoms with van der Waals surface area (Å²) < 4.78 is 12.9. The maximum absolute atomic E-state index is 12.9. The molecule has 1 aromatic rings. The molecule has 2 rings (SSSR count). The van der Waals surface area contributed by atoms with Gasteiger partial charge in [-0.2, -0.15) is 0 Å². The second-order valence-electron chi connectivity index (χ2n) is 4.59. The van der Waals surface area contributed by atoms with Gasteiger partial charge in [-0.15, -0.1) is 0 Å². The van der Waals surface area contributed by atoms with Gasteiger partial charge in [0.2, 0.25) is 0 Å². The molecule has 0 bridgehead atoms. The van der Waals surface area contributed by atoms with E-state index in [1.807, 2.05) is 6.07 Å². The van der Waals surface area contributed by atoms with Crippen molar-refractivity contribution in [1.82, 2.24) is 5.32 Å². The Morgan fingerprint density at radius 2 is 2.25 bits per heavy atom. The summed E-state index contributed by atoms with van der Waals surface area (Å²) in [6, 6.07) is 6.65. The highest BCUT2D eigenvalue weighted by Crippen LogP contribution is 2.24. The van der Waals surface area contributed by atoms with E-state index in [2.05, 4.69) is 5.32 Å². The van der Waals surface area contributed by atoms with E-state index in [1.165, 1.54) is 6.07 Å². The molecule has 2 nitrogen and oxygen atoms in total. The number of aliphatic hydroxyl groups is 1. The average Bonchev–Trinajstić information content (AvgIpc) is 2.64. The van der Waals surface area contributed by atoms with Gasteiger partial charge >= 0.3 is 0 Å². The van der Waals surface area contributed by atoms with Crippen LogP contribution >= 0.6 is 0 Å². The highest BCUT2D eigenvalue weighted by molar-refractivity contribution is 5.15. The number of benzene rings is 1. The van der Waals surface area contributed by atoms with Gasteiger partial charge in [0.15, 0.2) is 0 Å². The van der Waals surface area contributed by atoms with Crippen LogP contribution in [0.3, 0.4) is 0 Å². The van der Waals surface area contributed by atoms with Crippen molar-refractivity contribution in [2.24, 2.45) is 5.92 Å². The van der Waals surface area contributed by atoms with Gasteiger partial charge in [0.25, 0.3) is 0 Å². The molecule has 1 fully saturated rings. The summed E-state index contributed by atoms with van der Waals surface area (Å²) in [4.78, 5) is 0. The molecule has 0 radical (unpaired) electrons. The number of nitrogens with one attached hydrogen (secondary N) is 1. The van der Waals surface area contributed by atoms with Gasteiger partial charge in [-0.1, -0.05) is 12.1 Å². The van der Waals surface area contributed by atoms with Crippen molar-refractivity contribution >= 4 is 0 Å². The first-order valence-electron chi connectivity index (χ1n) is 5.87. The van der Waals surface area contributed by atoms with Crippen molar-refractivity contribution in [2.45, 2.75) is 31.9 Å². The monoisotopic (exact) mass is 223 g/mol. The molecule has 16 heavy (non-hydrogen) atoms. The lowest BCUT2D eigenvalue weighted by Crippen LogP contribution is -2.21. The van der Waals surface area contributed by atoms with Crippen LogP contribution in [0.15, 0.2) is 24.3 Å². The van der Waals surface area contributed by atoms with Gasteiger partial charge in [0.05, 0.1) is 6.10 Å². The molecule has 2 atom stereocenters. The minimum absolute atomic E-state index is 0.110. The summed E-state index contributed by atoms with van der Waals surface area (Å²) in [5.41, 5.74) is 0.971. The lowest BCUT2D eigenvalue weighted by atomic mass is 10.1. The first kappa shape index (κ1) is 11.6. The Morgan fingerprint density at radius 3 is 2.94 bits per heavy atom. The van der Waals surface area contributed by atoms with Crippen molar-refractivity contribution in [2.75, 3.05) is 6.54 Å². The molecule has 0 spiro atoms. The molecule has 1 saturated carbocycles. The zero-order chi connectivity index (χ0) is 11.4. The smallest absolute Gasteiger partial charge is 0.123 e. The Balaban J connectivity index is 1.72. The molecule has 3 heteroatoms. The first-order valence-corrected chi connectivity index (χ1v) is 5.87. The number of hydrogen-bond donors (Lipinski definition) is 2. The van der Waals surface area contributed by atoms with Crippen LogP contribution in [0.2, 0.25) is 0 Å². The summed E-state index contributed by atoms with van der Waals surface area (Å²) in [5.74, 6) is 0.388. The van der Waals surface area contributed by atoms with Crippen LogP contribution in [0, 0.1) is 11.7 Å². The standard InChI is InChI=1S/C13H18FNO/c14-12-3-1-2-10(6-12)8-15-9-11-4-5-13(16)7-11/h1-3,6,11,13,15-16H,4-5,7-9H2. The zero-order valence-corrected chi connectivity index (χ0v) is 9.32. The molecule has 2 unspecified atom stereocenters. The van der Waals surface area contributed by atoms with Gasteiger partial charge in [0.1, 0.15) is 5.82 Å². The molecule has 0 aromatic heterocycles. The molecule has 88 valence electrons. The quantitative estimate of drug-likeness (QED) is 0.819. The number of hydrogen-bond acceptors (Lipinski definition) is 2. The van der Waals surface area contributed by atoms with Crippen LogP contribution in [-0.4, -0.2) is 17.8 Å². The summed E-state index contributed by atoms with van der Waals surface area (Å²) in [6.45, 7) is 1.61. The number of rotatable bonds is 4. The summed E-state index contributed by atoms with van der Waals surface area (Å²) in [7, 11) is 0. The molecule has 0 amide bonds. The third kappa shape index (κ3) is 3.29. The molecule has 0 heterocycles. The molecular weight excluding hydrogens is 205 g/mol. The van der Waals surface area contributed by atoms with E-state index in [0.29, 0.717) is 12.5 Å². The fourth-order valence-corrected chi connectivity index (χ4v) is 2.30. The Kier molecular flexibility index (Phi) is 3.91. The van der Waals surface area contributed by atoms with Crippen LogP contribution in [-0.2, 0) is 6.54 Å². The van der Waals surface area contributed by atoms with Gasteiger partial charge < -0.3 is 10.4 Å². The van der Waals surface area contributed by atoms with Crippen LogP contribution < -0.4 is 5.32 Å². The Labute approximate surface area is 95.5 Å². The fourth-order valence-electron chi connectivity index (χ4n) is 2.30. The van der Waals surface area contributed by atoms with E-state index in [0.717, 1.165) is 31.4 Å². The van der Waals surface area contributed by atoms with Gasteiger partial charge in [-0.05, 0) is 49.4 Å². The minimum Gasteiger partial charge on any atom is -0.393 e. The normalized spacial score (nSPS) is 24.9. The lowest BCUT2D eigenvalue weighted by molar-refractivity contribution is 0.177. The second-order valence-corrected chi connectivity index (χ2v) is 4.59. The van der Waals surface area contributed by atoms with Gasteiger partial charge in [0, 0.05) is 6.54 Å². The minimum atomic E-state index is -0.185. The second kappa shape index (κ2) is 5.41. The van der Waals surface area contributed by atoms with Crippen molar-refractivity contribution < 1.29 is 9.50 Å². The SMILES string of the molecule is OC1CCC(CNCc2cccc(F)c2)C1. The van der Waals surface area contributed by atoms with Crippen LogP contribution in [0.5, 0.6) is 0 Å². The van der Waals surface area contributed by atoms with E-state index in [1.54, 1.807) is 12.1 Å². The molecular formula is C13H18FNO. The van der Waals surface area contributed by atoms with E-state index in [4.69, 9.17) is 0 Å². The maximum atomic E-state index is 12.9. The van der Waals surface area contributed by atoms with Crippen molar-refractivity contribution in [1.29, 1.82) is 0 Å². The molecule has 2 N–H and O–H groups in total. The fraction of sp³-hybridized carbons (Fsp3) is 0.538. The topological polar surface area (TPSA) is 32.3 Å². The largest absolute Gasteiger partial charge is 0.393 e. The summed E-state index contributed by atoms with van der Waals surface area (Å²) >= 11 is 0. The predicted octanol–water partition coefficient (Wildman–Crippen LogP) is 2.08. The van der Waals surface area contributed by atoms with Crippen molar-refractivity contribution in [3.63, 3.8) is 0 Å². The number of aliphatic hydroxyl groups excluding tert-OH is 1. The van der Waals surface area contributed by atoms with Crippen molar-refractivity contribution in [3.05, 3.63) is 35.6 Å². The summed E-state index contributed by atoms with van der Waals surface area (Å²) in [6.07, 6.45) is 2.81. The van der Waals surface area contributed by atoms with Crippen LogP contribution in [0.4, 0.5) is 4.39 Å². The molecule has 0 saturated heterocycles. The van der Waals surface area contributed by atoms with Crippen LogP contribution in [0.1, 0.15) is 24.8 Å². The Bertz CT molecular complexity index is 342. The third-order valence-corrected chi connectivity index (χ3v) is 3.16. The highest BCUT2D eigenvalue weighted by Gasteiger charge is 2.21. The maximum Gasteiger partial charge on any atom is 0.123 e. The zero-order valence-electron chi connectivity index (χ0n) is 9.32. The third-order valence-electron chi connectivity index (χ3n) is 3.16. The van der Waals surface area contributed by atoms with E-state index in [-0.39, 0.29) is 11.9 Å². The van der Waals surface area contributed by atoms with E-state index in [9.17, 15) is 9.50 Å². The predicted molar refractivity (Wildman–Crippen MR) is 61.5 cm³/mol.